The van der Waals surface area contributed by atoms with Gasteiger partial charge in [-0.3, -0.25) is 0 Å². The number of hydrogen-bond donors (Lipinski definition) is 1. The second kappa shape index (κ2) is 5.04. The molecule has 0 bridgehead atoms. The van der Waals surface area contributed by atoms with Gasteiger partial charge in [0, 0.05) is 24.0 Å². The molecule has 0 saturated carbocycles. The average molecular weight is 284 g/mol. The molecule has 2 heterocycles. The smallest absolute Gasteiger partial charge is 0.124 e. The van der Waals surface area contributed by atoms with Crippen LogP contribution in [-0.2, 0) is 6.42 Å². The van der Waals surface area contributed by atoms with Crippen LogP contribution in [0.2, 0.25) is 5.02 Å². The second-order valence-electron chi connectivity index (χ2n) is 5.92. The van der Waals surface area contributed by atoms with Gasteiger partial charge in [-0.05, 0) is 49.9 Å². The minimum atomic E-state index is -0.688. The Labute approximate surface area is 118 Å². The third-order valence-electron chi connectivity index (χ3n) is 4.51. The van der Waals surface area contributed by atoms with Crippen molar-refractivity contribution >= 4 is 11.6 Å². The summed E-state index contributed by atoms with van der Waals surface area (Å²) < 4.78 is 13.0. The van der Waals surface area contributed by atoms with Crippen molar-refractivity contribution in [1.82, 2.24) is 4.90 Å². The molecule has 0 amide bonds. The Bertz CT molecular complexity index is 481. The lowest BCUT2D eigenvalue weighted by atomic mass is 9.82. The van der Waals surface area contributed by atoms with Gasteiger partial charge in [0.15, 0.2) is 0 Å². The summed E-state index contributed by atoms with van der Waals surface area (Å²) >= 11 is 6.06. The molecule has 2 aliphatic heterocycles. The van der Waals surface area contributed by atoms with Crippen LogP contribution >= 0.6 is 11.6 Å². The number of fused-ring (bicyclic) bond motifs is 1. The molecule has 4 heteroatoms. The molecule has 104 valence electrons. The Morgan fingerprint density at radius 1 is 1.42 bits per heavy atom. The van der Waals surface area contributed by atoms with Crippen molar-refractivity contribution in [2.24, 2.45) is 0 Å². The van der Waals surface area contributed by atoms with Crippen molar-refractivity contribution in [1.29, 1.82) is 0 Å². The lowest BCUT2D eigenvalue weighted by Crippen LogP contribution is -2.48. The molecular formula is C15H19ClFNO. The van der Waals surface area contributed by atoms with Crippen molar-refractivity contribution in [2.75, 3.05) is 13.1 Å². The number of benzene rings is 1. The lowest BCUT2D eigenvalue weighted by molar-refractivity contribution is -0.0354. The third kappa shape index (κ3) is 2.78. The zero-order valence-electron chi connectivity index (χ0n) is 10.9. The Hall–Kier alpha value is -0.640. The highest BCUT2D eigenvalue weighted by Crippen LogP contribution is 2.36. The molecule has 0 spiro atoms. The fraction of sp³-hybridized carbons (Fsp3) is 0.600. The fourth-order valence-corrected chi connectivity index (χ4v) is 3.73. The van der Waals surface area contributed by atoms with Gasteiger partial charge >= 0.3 is 0 Å². The molecule has 2 unspecified atom stereocenters. The zero-order valence-corrected chi connectivity index (χ0v) is 11.7. The summed E-state index contributed by atoms with van der Waals surface area (Å²) in [5, 5.41) is 11.2. The summed E-state index contributed by atoms with van der Waals surface area (Å²) in [5.74, 6) is -0.327. The van der Waals surface area contributed by atoms with E-state index in [1.54, 1.807) is 6.07 Å². The predicted molar refractivity (Wildman–Crippen MR) is 73.9 cm³/mol. The Morgan fingerprint density at radius 3 is 3.05 bits per heavy atom. The van der Waals surface area contributed by atoms with E-state index < -0.39 is 5.60 Å². The first-order chi connectivity index (χ1) is 9.06. The molecule has 1 N–H and O–H groups in total. The molecule has 19 heavy (non-hydrogen) atoms. The summed E-state index contributed by atoms with van der Waals surface area (Å²) in [7, 11) is 0. The van der Waals surface area contributed by atoms with E-state index in [9.17, 15) is 9.50 Å². The van der Waals surface area contributed by atoms with E-state index in [1.165, 1.54) is 25.0 Å². The molecule has 1 aromatic rings. The van der Waals surface area contributed by atoms with Gasteiger partial charge in [0.25, 0.3) is 0 Å². The summed E-state index contributed by atoms with van der Waals surface area (Å²) in [6.45, 7) is 2.12. The number of piperidine rings is 1. The standard InChI is InChI=1S/C15H19ClFNO/c16-14-8-12(17)4-3-11(14)9-15(19)5-7-18-6-1-2-13(18)10-15/h3-4,8,13,19H,1-2,5-7,9-10H2. The highest BCUT2D eigenvalue weighted by atomic mass is 35.5. The van der Waals surface area contributed by atoms with Gasteiger partial charge < -0.3 is 10.0 Å². The van der Waals surface area contributed by atoms with Crippen molar-refractivity contribution in [3.63, 3.8) is 0 Å². The maximum Gasteiger partial charge on any atom is 0.124 e. The highest BCUT2D eigenvalue weighted by Gasteiger charge is 2.40. The summed E-state index contributed by atoms with van der Waals surface area (Å²) in [6.07, 6.45) is 4.52. The van der Waals surface area contributed by atoms with Crippen LogP contribution in [0.15, 0.2) is 18.2 Å². The molecular weight excluding hydrogens is 265 g/mol. The van der Waals surface area contributed by atoms with Crippen LogP contribution in [0.5, 0.6) is 0 Å². The van der Waals surface area contributed by atoms with Crippen LogP contribution in [0.3, 0.4) is 0 Å². The van der Waals surface area contributed by atoms with Gasteiger partial charge in [-0.15, -0.1) is 0 Å². The molecule has 1 aromatic carbocycles. The van der Waals surface area contributed by atoms with Crippen LogP contribution in [0, 0.1) is 5.82 Å². The maximum atomic E-state index is 13.0. The second-order valence-corrected chi connectivity index (χ2v) is 6.33. The molecule has 2 saturated heterocycles. The fourth-order valence-electron chi connectivity index (χ4n) is 3.49. The van der Waals surface area contributed by atoms with E-state index >= 15 is 0 Å². The molecule has 2 fully saturated rings. The van der Waals surface area contributed by atoms with Crippen molar-refractivity contribution in [2.45, 2.75) is 43.7 Å². The molecule has 3 rings (SSSR count). The highest BCUT2D eigenvalue weighted by molar-refractivity contribution is 6.31. The van der Waals surface area contributed by atoms with Gasteiger partial charge in [-0.2, -0.15) is 0 Å². The largest absolute Gasteiger partial charge is 0.389 e. The van der Waals surface area contributed by atoms with Crippen LogP contribution in [0.4, 0.5) is 4.39 Å². The van der Waals surface area contributed by atoms with Crippen LogP contribution in [0.1, 0.15) is 31.2 Å². The van der Waals surface area contributed by atoms with E-state index in [4.69, 9.17) is 11.6 Å². The predicted octanol–water partition coefficient (Wildman–Crippen LogP) is 3.01. The molecule has 2 atom stereocenters. The summed E-state index contributed by atoms with van der Waals surface area (Å²) in [5.41, 5.74) is 0.157. The van der Waals surface area contributed by atoms with Crippen molar-refractivity contribution < 1.29 is 9.50 Å². The average Bonchev–Trinajstić information content (AvgIpc) is 2.79. The molecule has 0 aromatic heterocycles. The van der Waals surface area contributed by atoms with Crippen LogP contribution in [-0.4, -0.2) is 34.7 Å². The van der Waals surface area contributed by atoms with E-state index in [-0.39, 0.29) is 5.82 Å². The summed E-state index contributed by atoms with van der Waals surface area (Å²) in [6, 6.07) is 4.94. The number of aliphatic hydroxyl groups is 1. The first kappa shape index (κ1) is 13.3. The van der Waals surface area contributed by atoms with E-state index in [2.05, 4.69) is 4.90 Å². The molecule has 2 aliphatic rings. The van der Waals surface area contributed by atoms with E-state index in [0.717, 1.165) is 31.5 Å². The van der Waals surface area contributed by atoms with Gasteiger partial charge in [-0.1, -0.05) is 17.7 Å². The van der Waals surface area contributed by atoms with Gasteiger partial charge in [0.1, 0.15) is 5.82 Å². The Kier molecular flexibility index (Phi) is 3.54. The van der Waals surface area contributed by atoms with Crippen molar-refractivity contribution in [3.8, 4) is 0 Å². The lowest BCUT2D eigenvalue weighted by Gasteiger charge is -2.41. The Balaban J connectivity index is 1.74. The monoisotopic (exact) mass is 283 g/mol. The zero-order chi connectivity index (χ0) is 13.5. The number of rotatable bonds is 2. The molecule has 0 aliphatic carbocycles. The number of nitrogens with zero attached hydrogens (tertiary/aromatic N) is 1. The van der Waals surface area contributed by atoms with E-state index in [1.807, 2.05) is 0 Å². The molecule has 2 nitrogen and oxygen atoms in total. The minimum Gasteiger partial charge on any atom is -0.389 e. The molecule has 0 radical (unpaired) electrons. The minimum absolute atomic E-state index is 0.327. The number of hydrogen-bond acceptors (Lipinski definition) is 2. The topological polar surface area (TPSA) is 23.5 Å². The van der Waals surface area contributed by atoms with Gasteiger partial charge in [-0.25, -0.2) is 4.39 Å². The maximum absolute atomic E-state index is 13.0. The summed E-state index contributed by atoms with van der Waals surface area (Å²) in [4.78, 5) is 2.47. The third-order valence-corrected chi connectivity index (χ3v) is 4.87. The van der Waals surface area contributed by atoms with Crippen molar-refractivity contribution in [3.05, 3.63) is 34.6 Å². The van der Waals surface area contributed by atoms with E-state index in [0.29, 0.717) is 17.5 Å². The number of halogens is 2. The van der Waals surface area contributed by atoms with Gasteiger partial charge in [0.05, 0.1) is 5.60 Å². The van der Waals surface area contributed by atoms with Gasteiger partial charge in [0.2, 0.25) is 0 Å². The Morgan fingerprint density at radius 2 is 2.26 bits per heavy atom. The normalized spacial score (nSPS) is 31.4. The van der Waals surface area contributed by atoms with Crippen LogP contribution in [0.25, 0.3) is 0 Å². The quantitative estimate of drug-likeness (QED) is 0.902. The first-order valence-corrected chi connectivity index (χ1v) is 7.34. The first-order valence-electron chi connectivity index (χ1n) is 6.96. The van der Waals surface area contributed by atoms with Crippen LogP contribution < -0.4 is 0 Å². The SMILES string of the molecule is OC1(Cc2ccc(F)cc2Cl)CCN2CCCC2C1.